The minimum atomic E-state index is -0.974. The third-order valence-electron chi connectivity index (χ3n) is 10.5. The van der Waals surface area contributed by atoms with Crippen molar-refractivity contribution in [3.05, 3.63) is 11.6 Å². The monoisotopic (exact) mass is 485 g/mol. The average molecular weight is 486 g/mol. The fraction of sp³-hybridized carbons (Fsp3) is 0.786. The first kappa shape index (κ1) is 24.5. The van der Waals surface area contributed by atoms with Gasteiger partial charge in [-0.15, -0.1) is 0 Å². The molecule has 0 aromatic heterocycles. The third kappa shape index (κ3) is 4.13. The van der Waals surface area contributed by atoms with Crippen LogP contribution >= 0.6 is 0 Å². The van der Waals surface area contributed by atoms with Gasteiger partial charge in [-0.25, -0.2) is 4.79 Å². The number of ether oxygens (including phenoxy) is 1. The summed E-state index contributed by atoms with van der Waals surface area (Å²) in [6.07, 6.45) is 10.8. The lowest BCUT2D eigenvalue weighted by molar-refractivity contribution is -0.161. The predicted molar refractivity (Wildman–Crippen MR) is 128 cm³/mol. The standard InChI is InChI=1S/C28H39NO6/c1-27-13-11-18(30)16-17(27)5-6-19-20-7-8-23(28(20,2)14-12-21(19)27)35-25(32)10-9-24(31)29-15-3-4-22(29)26(33)34/h16,19-23H,3-15H2,1-2H3,(H,33,34)/t19-,20-,21-,22-,23+,27+,28+/m1/s1. The summed E-state index contributed by atoms with van der Waals surface area (Å²) in [4.78, 5) is 50.1. The number of hydrogen-bond acceptors (Lipinski definition) is 5. The number of allylic oxidation sites excluding steroid dienone is 1. The molecule has 0 spiro atoms. The van der Waals surface area contributed by atoms with E-state index in [0.29, 0.717) is 43.6 Å². The van der Waals surface area contributed by atoms with E-state index in [1.54, 1.807) is 0 Å². The van der Waals surface area contributed by atoms with E-state index in [4.69, 9.17) is 4.74 Å². The van der Waals surface area contributed by atoms with Crippen LogP contribution in [0.5, 0.6) is 0 Å². The normalized spacial score (nSPS) is 40.4. The van der Waals surface area contributed by atoms with Gasteiger partial charge in [-0.05, 0) is 87.0 Å². The number of rotatable bonds is 5. The lowest BCUT2D eigenvalue weighted by Crippen LogP contribution is -2.51. The number of carboxylic acid groups (broad SMARTS) is 1. The second-order valence-corrected chi connectivity index (χ2v) is 12.2. The number of nitrogens with zero attached hydrogens (tertiary/aromatic N) is 1. The Kier molecular flexibility index (Phi) is 6.33. The van der Waals surface area contributed by atoms with Crippen molar-refractivity contribution in [2.75, 3.05) is 6.54 Å². The molecule has 1 amide bonds. The first-order chi connectivity index (χ1) is 16.6. The van der Waals surface area contributed by atoms with E-state index in [0.717, 1.165) is 44.9 Å². The van der Waals surface area contributed by atoms with E-state index in [1.165, 1.54) is 10.5 Å². The van der Waals surface area contributed by atoms with Crippen molar-refractivity contribution in [2.24, 2.45) is 28.6 Å². The van der Waals surface area contributed by atoms with Crippen LogP contribution in [0, 0.1) is 28.6 Å². The molecule has 5 aliphatic rings. The molecule has 7 atom stereocenters. The molecule has 1 N–H and O–H groups in total. The van der Waals surface area contributed by atoms with Gasteiger partial charge in [0.1, 0.15) is 12.1 Å². The first-order valence-electron chi connectivity index (χ1n) is 13.6. The highest BCUT2D eigenvalue weighted by molar-refractivity contribution is 5.91. The zero-order valence-electron chi connectivity index (χ0n) is 21.1. The summed E-state index contributed by atoms with van der Waals surface area (Å²) in [5.41, 5.74) is 1.47. The van der Waals surface area contributed by atoms with Crippen molar-refractivity contribution in [3.63, 3.8) is 0 Å². The van der Waals surface area contributed by atoms with Crippen LogP contribution in [0.3, 0.4) is 0 Å². The SMILES string of the molecule is C[C@]12CC[C@@H]3[C@H](CCC4=CC(=O)CC[C@@]43C)[C@H]1CC[C@@H]2OC(=O)CCC(=O)N1CCC[C@@H]1C(=O)O. The number of carboxylic acids is 1. The van der Waals surface area contributed by atoms with Crippen LogP contribution in [0.4, 0.5) is 0 Å². The Labute approximate surface area is 207 Å². The quantitative estimate of drug-likeness (QED) is 0.583. The maximum Gasteiger partial charge on any atom is 0.326 e. The average Bonchev–Trinajstić information content (AvgIpc) is 3.43. The Hall–Kier alpha value is -2.18. The van der Waals surface area contributed by atoms with Gasteiger partial charge in [0.05, 0.1) is 6.42 Å². The van der Waals surface area contributed by atoms with Crippen LogP contribution in [0.25, 0.3) is 0 Å². The molecule has 0 aromatic carbocycles. The molecule has 192 valence electrons. The molecule has 3 saturated carbocycles. The summed E-state index contributed by atoms with van der Waals surface area (Å²) in [5, 5.41) is 9.31. The van der Waals surface area contributed by atoms with Crippen molar-refractivity contribution in [1.29, 1.82) is 0 Å². The van der Waals surface area contributed by atoms with Crippen LogP contribution in [0.2, 0.25) is 0 Å². The molecule has 5 rings (SSSR count). The van der Waals surface area contributed by atoms with Gasteiger partial charge in [-0.2, -0.15) is 0 Å². The largest absolute Gasteiger partial charge is 0.480 e. The predicted octanol–water partition coefficient (Wildman–Crippen LogP) is 4.29. The molecule has 4 fully saturated rings. The molecule has 7 nitrogen and oxygen atoms in total. The molecule has 7 heteroatoms. The number of carbonyl (C=O) groups excluding carboxylic acids is 3. The van der Waals surface area contributed by atoms with Gasteiger partial charge in [0.15, 0.2) is 5.78 Å². The van der Waals surface area contributed by atoms with Gasteiger partial charge in [0, 0.05) is 24.8 Å². The van der Waals surface area contributed by atoms with Crippen LogP contribution < -0.4 is 0 Å². The van der Waals surface area contributed by atoms with Gasteiger partial charge < -0.3 is 14.7 Å². The van der Waals surface area contributed by atoms with Crippen molar-refractivity contribution in [3.8, 4) is 0 Å². The Balaban J connectivity index is 1.20. The Bertz CT molecular complexity index is 957. The second-order valence-electron chi connectivity index (χ2n) is 12.2. The third-order valence-corrected chi connectivity index (χ3v) is 10.5. The van der Waals surface area contributed by atoms with E-state index in [-0.39, 0.29) is 47.4 Å². The molecule has 0 radical (unpaired) electrons. The van der Waals surface area contributed by atoms with Gasteiger partial charge in [0.2, 0.25) is 5.91 Å². The molecule has 0 bridgehead atoms. The zero-order valence-corrected chi connectivity index (χ0v) is 21.1. The summed E-state index contributed by atoms with van der Waals surface area (Å²) in [6.45, 7) is 5.12. The van der Waals surface area contributed by atoms with Crippen LogP contribution in [-0.4, -0.2) is 52.3 Å². The minimum absolute atomic E-state index is 0.00519. The van der Waals surface area contributed by atoms with Crippen molar-refractivity contribution >= 4 is 23.6 Å². The molecule has 4 aliphatic carbocycles. The molecular formula is C28H39NO6. The molecule has 1 aliphatic heterocycles. The highest BCUT2D eigenvalue weighted by Crippen LogP contribution is 2.65. The maximum atomic E-state index is 12.8. The second kappa shape index (κ2) is 9.04. The van der Waals surface area contributed by atoms with Crippen LogP contribution in [0.1, 0.15) is 90.9 Å². The molecule has 1 saturated heterocycles. The summed E-state index contributed by atoms with van der Waals surface area (Å²) in [5.74, 6) is 0.431. The van der Waals surface area contributed by atoms with Gasteiger partial charge >= 0.3 is 11.9 Å². The minimum Gasteiger partial charge on any atom is -0.480 e. The molecule has 35 heavy (non-hydrogen) atoms. The summed E-state index contributed by atoms with van der Waals surface area (Å²) in [7, 11) is 0. The topological polar surface area (TPSA) is 101 Å². The summed E-state index contributed by atoms with van der Waals surface area (Å²) < 4.78 is 6.01. The van der Waals surface area contributed by atoms with Crippen molar-refractivity contribution < 1.29 is 29.0 Å². The lowest BCUT2D eigenvalue weighted by atomic mass is 9.47. The Morgan fingerprint density at radius 2 is 1.83 bits per heavy atom. The van der Waals surface area contributed by atoms with E-state index in [1.807, 2.05) is 6.08 Å². The van der Waals surface area contributed by atoms with E-state index < -0.39 is 12.0 Å². The van der Waals surface area contributed by atoms with E-state index in [9.17, 15) is 24.3 Å². The number of fused-ring (bicyclic) bond motifs is 5. The van der Waals surface area contributed by atoms with Crippen molar-refractivity contribution in [1.82, 2.24) is 4.90 Å². The summed E-state index contributed by atoms with van der Waals surface area (Å²) >= 11 is 0. The molecule has 1 heterocycles. The fourth-order valence-corrected chi connectivity index (χ4v) is 8.60. The van der Waals surface area contributed by atoms with Gasteiger partial charge in [-0.1, -0.05) is 19.4 Å². The lowest BCUT2D eigenvalue weighted by Gasteiger charge is -2.57. The van der Waals surface area contributed by atoms with Gasteiger partial charge in [-0.3, -0.25) is 14.4 Å². The fourth-order valence-electron chi connectivity index (χ4n) is 8.60. The zero-order chi connectivity index (χ0) is 25.0. The van der Waals surface area contributed by atoms with E-state index in [2.05, 4.69) is 13.8 Å². The number of ketones is 1. The first-order valence-corrected chi connectivity index (χ1v) is 13.6. The van der Waals surface area contributed by atoms with Gasteiger partial charge in [0.25, 0.3) is 0 Å². The molecule has 0 unspecified atom stereocenters. The van der Waals surface area contributed by atoms with Crippen LogP contribution in [-0.2, 0) is 23.9 Å². The maximum absolute atomic E-state index is 12.8. The number of esters is 1. The highest BCUT2D eigenvalue weighted by atomic mass is 16.5. The number of carbonyl (C=O) groups is 4. The number of amides is 1. The van der Waals surface area contributed by atoms with E-state index >= 15 is 0 Å². The number of likely N-dealkylation sites (tertiary alicyclic amines) is 1. The summed E-state index contributed by atoms with van der Waals surface area (Å²) in [6, 6.07) is -0.766. The smallest absolute Gasteiger partial charge is 0.326 e. The molecular weight excluding hydrogens is 446 g/mol. The van der Waals surface area contributed by atoms with Crippen LogP contribution in [0.15, 0.2) is 11.6 Å². The number of aliphatic carboxylic acids is 1. The Morgan fingerprint density at radius 1 is 1.03 bits per heavy atom. The highest BCUT2D eigenvalue weighted by Gasteiger charge is 2.60. The Morgan fingerprint density at radius 3 is 2.60 bits per heavy atom. The van der Waals surface area contributed by atoms with Crippen molar-refractivity contribution in [2.45, 2.75) is 103 Å². The molecule has 0 aromatic rings. The number of hydrogen-bond donors (Lipinski definition) is 1.